The number of hydrogen-bond acceptors (Lipinski definition) is 4. The monoisotopic (exact) mass is 326 g/mol. The Morgan fingerprint density at radius 1 is 1.26 bits per heavy atom. The molecule has 4 atom stereocenters. The summed E-state index contributed by atoms with van der Waals surface area (Å²) in [5.41, 5.74) is 6.19. The predicted molar refractivity (Wildman–Crippen MR) is 91.8 cm³/mol. The Hall–Kier alpha value is -1.10. The fourth-order valence-corrected chi connectivity index (χ4v) is 3.44. The van der Waals surface area contributed by atoms with Gasteiger partial charge in [0.05, 0.1) is 12.5 Å². The highest BCUT2D eigenvalue weighted by Gasteiger charge is 2.36. The van der Waals surface area contributed by atoms with Gasteiger partial charge in [-0.15, -0.1) is 0 Å². The Balaban J connectivity index is 2.11. The van der Waals surface area contributed by atoms with E-state index in [1.807, 2.05) is 6.92 Å². The van der Waals surface area contributed by atoms with Crippen molar-refractivity contribution in [2.45, 2.75) is 71.8 Å². The van der Waals surface area contributed by atoms with Crippen LogP contribution in [0.2, 0.25) is 0 Å². The number of carbonyl (C=O) groups is 2. The van der Waals surface area contributed by atoms with Crippen LogP contribution in [0.1, 0.15) is 65.7 Å². The number of ether oxygens (including phenoxy) is 1. The summed E-state index contributed by atoms with van der Waals surface area (Å²) in [4.78, 5) is 22.7. The number of carbonyl (C=O) groups excluding carboxylic acids is 2. The van der Waals surface area contributed by atoms with Gasteiger partial charge in [-0.05, 0) is 44.4 Å². The van der Waals surface area contributed by atoms with Crippen molar-refractivity contribution in [3.63, 3.8) is 0 Å². The second-order valence-electron chi connectivity index (χ2n) is 7.02. The smallest absolute Gasteiger partial charge is 0.308 e. The summed E-state index contributed by atoms with van der Waals surface area (Å²) in [5, 5.41) is 2.86. The molecule has 0 aliphatic heterocycles. The lowest BCUT2D eigenvalue weighted by molar-refractivity contribution is -0.147. The Morgan fingerprint density at radius 2 is 2.00 bits per heavy atom. The Kier molecular flexibility index (Phi) is 9.22. The number of unbranched alkanes of at least 4 members (excludes halogenated alkanes) is 2. The highest BCUT2D eigenvalue weighted by Crippen LogP contribution is 2.34. The fraction of sp³-hybridized carbons (Fsp3) is 0.889. The van der Waals surface area contributed by atoms with E-state index in [4.69, 9.17) is 10.5 Å². The molecule has 1 unspecified atom stereocenters. The molecule has 0 radical (unpaired) electrons. The first-order chi connectivity index (χ1) is 10.9. The largest absolute Gasteiger partial charge is 0.466 e. The van der Waals surface area contributed by atoms with Gasteiger partial charge in [0.25, 0.3) is 0 Å². The van der Waals surface area contributed by atoms with Crippen LogP contribution in [0.5, 0.6) is 0 Å². The minimum atomic E-state index is -0.0720. The molecule has 0 saturated heterocycles. The molecule has 1 fully saturated rings. The number of nitrogens with one attached hydrogen (secondary N) is 1. The molecule has 5 nitrogen and oxygen atoms in total. The molecule has 0 aromatic rings. The van der Waals surface area contributed by atoms with E-state index in [-0.39, 0.29) is 23.8 Å². The van der Waals surface area contributed by atoms with E-state index in [9.17, 15) is 9.59 Å². The molecule has 0 aromatic heterocycles. The number of esters is 1. The Bertz CT molecular complexity index is 373. The van der Waals surface area contributed by atoms with Crippen molar-refractivity contribution < 1.29 is 14.3 Å². The van der Waals surface area contributed by atoms with Gasteiger partial charge in [0.1, 0.15) is 0 Å². The second kappa shape index (κ2) is 10.6. The van der Waals surface area contributed by atoms with Crippen LogP contribution in [0, 0.1) is 17.8 Å². The van der Waals surface area contributed by atoms with Crippen LogP contribution in [0.3, 0.4) is 0 Å². The van der Waals surface area contributed by atoms with E-state index < -0.39 is 0 Å². The van der Waals surface area contributed by atoms with Gasteiger partial charge in [-0.25, -0.2) is 0 Å². The fourth-order valence-electron chi connectivity index (χ4n) is 3.44. The van der Waals surface area contributed by atoms with Crippen LogP contribution < -0.4 is 11.1 Å². The lowest BCUT2D eigenvalue weighted by Gasteiger charge is -2.15. The van der Waals surface area contributed by atoms with Gasteiger partial charge in [0, 0.05) is 19.5 Å². The predicted octanol–water partition coefficient (Wildman–Crippen LogP) is 2.63. The third-order valence-corrected chi connectivity index (χ3v) is 4.84. The molecule has 0 heterocycles. The quantitative estimate of drug-likeness (QED) is 0.477. The van der Waals surface area contributed by atoms with Crippen LogP contribution in [0.25, 0.3) is 0 Å². The molecule has 1 aliphatic rings. The second-order valence-corrected chi connectivity index (χ2v) is 7.02. The normalized spacial score (nSPS) is 25.1. The van der Waals surface area contributed by atoms with Gasteiger partial charge in [-0.1, -0.05) is 26.2 Å². The molecule has 3 N–H and O–H groups in total. The average molecular weight is 326 g/mol. The zero-order chi connectivity index (χ0) is 17.2. The van der Waals surface area contributed by atoms with E-state index in [0.29, 0.717) is 18.4 Å². The first-order valence-corrected chi connectivity index (χ1v) is 9.10. The molecule has 23 heavy (non-hydrogen) atoms. The highest BCUT2D eigenvalue weighted by atomic mass is 16.5. The minimum absolute atomic E-state index is 0.00706. The standard InChI is InChI=1S/C18H34N2O3/c1-4-23-18(22)16-10-15(17(19)11-16)9-7-5-6-8-13(2)12-20-14(3)21/h13,15-17H,4-12,19H2,1-3H3,(H,20,21)/t13?,15-,16-,17-/m1/s1. The van der Waals surface area contributed by atoms with Crippen molar-refractivity contribution in [1.82, 2.24) is 5.32 Å². The molecule has 1 saturated carbocycles. The average Bonchev–Trinajstić information content (AvgIpc) is 2.86. The number of nitrogens with two attached hydrogens (primary N) is 1. The molecule has 0 bridgehead atoms. The van der Waals surface area contributed by atoms with Gasteiger partial charge in [0.2, 0.25) is 5.91 Å². The molecule has 1 aliphatic carbocycles. The molecule has 1 rings (SSSR count). The number of amides is 1. The zero-order valence-electron chi connectivity index (χ0n) is 15.0. The maximum atomic E-state index is 11.8. The van der Waals surface area contributed by atoms with Crippen LogP contribution in [-0.2, 0) is 14.3 Å². The van der Waals surface area contributed by atoms with Crippen molar-refractivity contribution in [2.75, 3.05) is 13.2 Å². The molecule has 5 heteroatoms. The van der Waals surface area contributed by atoms with Crippen LogP contribution >= 0.6 is 0 Å². The molecular formula is C18H34N2O3. The Morgan fingerprint density at radius 3 is 2.65 bits per heavy atom. The lowest BCUT2D eigenvalue weighted by atomic mass is 9.94. The summed E-state index contributed by atoms with van der Waals surface area (Å²) in [6, 6.07) is 0.142. The third kappa shape index (κ3) is 7.82. The summed E-state index contributed by atoms with van der Waals surface area (Å²) < 4.78 is 5.11. The Labute approximate surface area is 140 Å². The van der Waals surface area contributed by atoms with Gasteiger partial charge in [-0.2, -0.15) is 0 Å². The first kappa shape index (κ1) is 19.9. The van der Waals surface area contributed by atoms with E-state index >= 15 is 0 Å². The molecule has 0 aromatic carbocycles. The van der Waals surface area contributed by atoms with E-state index in [0.717, 1.165) is 32.2 Å². The van der Waals surface area contributed by atoms with Crippen molar-refractivity contribution in [1.29, 1.82) is 0 Å². The van der Waals surface area contributed by atoms with Gasteiger partial charge < -0.3 is 15.8 Å². The maximum absolute atomic E-state index is 11.8. The molecule has 1 amide bonds. The lowest BCUT2D eigenvalue weighted by Crippen LogP contribution is -2.25. The van der Waals surface area contributed by atoms with E-state index in [2.05, 4.69) is 12.2 Å². The van der Waals surface area contributed by atoms with E-state index in [1.54, 1.807) is 6.92 Å². The molecule has 0 spiro atoms. The summed E-state index contributed by atoms with van der Waals surface area (Å²) in [6.45, 7) is 6.79. The van der Waals surface area contributed by atoms with Crippen LogP contribution in [-0.4, -0.2) is 31.1 Å². The van der Waals surface area contributed by atoms with E-state index in [1.165, 1.54) is 19.3 Å². The topological polar surface area (TPSA) is 81.4 Å². The van der Waals surface area contributed by atoms with Crippen LogP contribution in [0.4, 0.5) is 0 Å². The zero-order valence-corrected chi connectivity index (χ0v) is 15.0. The van der Waals surface area contributed by atoms with Crippen molar-refractivity contribution in [3.05, 3.63) is 0 Å². The van der Waals surface area contributed by atoms with Crippen LogP contribution in [0.15, 0.2) is 0 Å². The molecule has 134 valence electrons. The van der Waals surface area contributed by atoms with Crippen molar-refractivity contribution in [3.8, 4) is 0 Å². The summed E-state index contributed by atoms with van der Waals surface area (Å²) in [5.74, 6) is 0.968. The number of hydrogen-bond donors (Lipinski definition) is 2. The summed E-state index contributed by atoms with van der Waals surface area (Å²) in [6.07, 6.45) is 7.46. The SMILES string of the molecule is CCOC(=O)[C@@H]1C[C@@H](CCCCCC(C)CNC(C)=O)[C@H](N)C1. The first-order valence-electron chi connectivity index (χ1n) is 9.10. The van der Waals surface area contributed by atoms with Gasteiger partial charge in [-0.3, -0.25) is 9.59 Å². The molecular weight excluding hydrogens is 292 g/mol. The maximum Gasteiger partial charge on any atom is 0.308 e. The highest BCUT2D eigenvalue weighted by molar-refractivity contribution is 5.73. The van der Waals surface area contributed by atoms with Gasteiger partial charge in [0.15, 0.2) is 0 Å². The summed E-state index contributed by atoms with van der Waals surface area (Å²) in [7, 11) is 0. The number of rotatable bonds is 10. The summed E-state index contributed by atoms with van der Waals surface area (Å²) >= 11 is 0. The van der Waals surface area contributed by atoms with Crippen molar-refractivity contribution in [2.24, 2.45) is 23.5 Å². The third-order valence-electron chi connectivity index (χ3n) is 4.84. The van der Waals surface area contributed by atoms with Crippen molar-refractivity contribution >= 4 is 11.9 Å². The van der Waals surface area contributed by atoms with Gasteiger partial charge >= 0.3 is 5.97 Å². The minimum Gasteiger partial charge on any atom is -0.466 e.